The first-order valence-corrected chi connectivity index (χ1v) is 41.4. The van der Waals surface area contributed by atoms with Gasteiger partial charge in [-0.15, -0.1) is 68.0 Å². The molecule has 0 atom stereocenters. The summed E-state index contributed by atoms with van der Waals surface area (Å²) in [6, 6.07) is 20.1. The van der Waals surface area contributed by atoms with Crippen LogP contribution < -0.4 is 4.74 Å². The van der Waals surface area contributed by atoms with Gasteiger partial charge in [0.1, 0.15) is 0 Å². The van der Waals surface area contributed by atoms with Gasteiger partial charge < -0.3 is 4.74 Å². The molecule has 0 fully saturated rings. The molecule has 0 saturated carbocycles. The largest absolute Gasteiger partial charge is 0.487 e. The Labute approximate surface area is 559 Å². The smallest absolute Gasteiger partial charge is 0.174 e. The standard InChI is InChI=1S/C78H114O2S7/c1-8-14-20-26-32-38-44-59-52-65(58-79)81-75(59)68-55-62(47-41-35-29-23-17-11-4)76(85-68)69-53-60(45-39-33-27-21-15-9-2)73(83-69)66-50-51-67(82-66)74-61(46-40-34-28-22-16-10-3)54-70(84-74)77-63(48-42-36-30-24-18-12-5)56-71(86-77)78-64(57-72(80-7)87-78)49-43-37-31-25-19-13-6/h50-58H,8-49H2,1-7H3. The first kappa shape index (κ1) is 71.8. The number of hydrogen-bond acceptors (Lipinski definition) is 9. The SMILES string of the molecule is CCCCCCCCc1cc(C=O)sc1-c1cc(CCCCCCCC)c(-c2cc(CCCCCCCC)c(-c3ccc(-c4sc(-c5sc(-c6sc(OC)cc6CCCCCCCC)cc5CCCCCCCC)cc4CCCCCCCC)s3)s2)s1. The number of carbonyl (C=O) groups excluding carboxylic acids is 1. The summed E-state index contributed by atoms with van der Waals surface area (Å²) in [7, 11) is 1.86. The Kier molecular flexibility index (Phi) is 34.5. The van der Waals surface area contributed by atoms with Gasteiger partial charge >= 0.3 is 0 Å². The number of hydrogen-bond donors (Lipinski definition) is 0. The summed E-state index contributed by atoms with van der Waals surface area (Å²) in [4.78, 5) is 30.7. The third-order valence-corrected chi connectivity index (χ3v) is 27.0. The highest BCUT2D eigenvalue weighted by Gasteiger charge is 2.25. The normalized spacial score (nSPS) is 11.8. The van der Waals surface area contributed by atoms with Gasteiger partial charge in [-0.2, -0.15) is 0 Å². The van der Waals surface area contributed by atoms with E-state index in [1.165, 1.54) is 306 Å². The van der Waals surface area contributed by atoms with Crippen molar-refractivity contribution in [3.63, 3.8) is 0 Å². The Bertz CT molecular complexity index is 2960. The number of rotatable bonds is 50. The summed E-state index contributed by atoms with van der Waals surface area (Å²) in [5.74, 6) is 0. The van der Waals surface area contributed by atoms with Gasteiger partial charge in [-0.05, 0) is 159 Å². The fraction of sp³-hybridized carbons (Fsp3) is 0.628. The van der Waals surface area contributed by atoms with Crippen LogP contribution in [0.4, 0.5) is 0 Å². The van der Waals surface area contributed by atoms with Crippen molar-refractivity contribution in [3.05, 3.63) is 86.8 Å². The van der Waals surface area contributed by atoms with Crippen LogP contribution in [0.5, 0.6) is 5.06 Å². The molecule has 7 aromatic heterocycles. The van der Waals surface area contributed by atoms with E-state index in [9.17, 15) is 4.79 Å². The second kappa shape index (κ2) is 41.8. The molecule has 0 unspecified atom stereocenters. The zero-order valence-electron chi connectivity index (χ0n) is 55.6. The molecule has 0 aliphatic rings. The molecule has 0 spiro atoms. The van der Waals surface area contributed by atoms with Gasteiger partial charge in [-0.1, -0.05) is 246 Å². The van der Waals surface area contributed by atoms with E-state index in [0.717, 1.165) is 54.8 Å². The molecule has 0 aromatic carbocycles. The number of carbonyl (C=O) groups is 1. The van der Waals surface area contributed by atoms with Crippen molar-refractivity contribution in [2.24, 2.45) is 0 Å². The molecule has 87 heavy (non-hydrogen) atoms. The van der Waals surface area contributed by atoms with Crippen LogP contribution in [-0.2, 0) is 38.5 Å². The molecular formula is C78H114O2S7. The van der Waals surface area contributed by atoms with Crippen molar-refractivity contribution < 1.29 is 9.53 Å². The number of ether oxygens (including phenoxy) is 1. The van der Waals surface area contributed by atoms with Crippen LogP contribution in [0, 0.1) is 0 Å². The fourth-order valence-electron chi connectivity index (χ4n) is 12.7. The Morgan fingerprint density at radius 2 is 0.517 bits per heavy atom. The van der Waals surface area contributed by atoms with Crippen molar-refractivity contribution >= 4 is 85.6 Å². The summed E-state index contributed by atoms with van der Waals surface area (Å²) in [5, 5.41) is 1.05. The van der Waals surface area contributed by atoms with Crippen molar-refractivity contribution in [1.29, 1.82) is 0 Å². The molecule has 0 N–H and O–H groups in total. The summed E-state index contributed by atoms with van der Waals surface area (Å²) in [5.41, 5.74) is 9.06. The van der Waals surface area contributed by atoms with Gasteiger partial charge in [-0.25, -0.2) is 0 Å². The average molecular weight is 1310 g/mol. The minimum absolute atomic E-state index is 0.875. The van der Waals surface area contributed by atoms with E-state index in [2.05, 4.69) is 135 Å². The molecular weight excluding hydrogens is 1190 g/mol. The molecule has 0 aliphatic carbocycles. The van der Waals surface area contributed by atoms with Crippen LogP contribution >= 0.6 is 79.4 Å². The van der Waals surface area contributed by atoms with E-state index in [0.29, 0.717) is 0 Å². The van der Waals surface area contributed by atoms with E-state index in [1.807, 2.05) is 29.8 Å². The van der Waals surface area contributed by atoms with E-state index in [4.69, 9.17) is 4.74 Å². The topological polar surface area (TPSA) is 26.3 Å². The maximum atomic E-state index is 12.4. The number of thiophene rings is 7. The van der Waals surface area contributed by atoms with Crippen molar-refractivity contribution in [3.8, 4) is 63.6 Å². The average Bonchev–Trinajstić information content (AvgIpc) is 1.93. The van der Waals surface area contributed by atoms with Crippen LogP contribution in [0.2, 0.25) is 0 Å². The van der Waals surface area contributed by atoms with Gasteiger partial charge in [0.05, 0.1) is 16.9 Å². The minimum atomic E-state index is 0.875. The number of unbranched alkanes of at least 4 members (excludes halogenated alkanes) is 30. The predicted molar refractivity (Wildman–Crippen MR) is 399 cm³/mol. The number of methoxy groups -OCH3 is 1. The molecule has 7 heterocycles. The molecule has 0 amide bonds. The first-order valence-electron chi connectivity index (χ1n) is 35.7. The summed E-state index contributed by atoms with van der Waals surface area (Å²) < 4.78 is 5.99. The summed E-state index contributed by atoms with van der Waals surface area (Å²) in [6.07, 6.45) is 55.0. The third kappa shape index (κ3) is 23.2. The van der Waals surface area contributed by atoms with E-state index in [1.54, 1.807) is 28.0 Å². The van der Waals surface area contributed by atoms with Crippen LogP contribution in [0.3, 0.4) is 0 Å². The lowest BCUT2D eigenvalue weighted by Gasteiger charge is -2.04. The third-order valence-electron chi connectivity index (χ3n) is 17.9. The molecule has 7 aromatic rings. The summed E-state index contributed by atoms with van der Waals surface area (Å²) in [6.45, 7) is 13.9. The Morgan fingerprint density at radius 3 is 0.805 bits per heavy atom. The van der Waals surface area contributed by atoms with E-state index < -0.39 is 0 Å². The second-order valence-electron chi connectivity index (χ2n) is 25.4. The first-order chi connectivity index (χ1) is 42.9. The Balaban J connectivity index is 1.27. The van der Waals surface area contributed by atoms with Crippen molar-refractivity contribution in [2.75, 3.05) is 7.11 Å². The number of aryl methyl sites for hydroxylation is 6. The molecule has 0 radical (unpaired) electrons. The predicted octanol–water partition coefficient (Wildman–Crippen LogP) is 29.4. The highest BCUT2D eigenvalue weighted by atomic mass is 32.1. The highest BCUT2D eigenvalue weighted by Crippen LogP contribution is 2.53. The zero-order valence-corrected chi connectivity index (χ0v) is 61.3. The lowest BCUT2D eigenvalue weighted by atomic mass is 10.0. The van der Waals surface area contributed by atoms with Gasteiger partial charge in [-0.3, -0.25) is 4.79 Å². The Morgan fingerprint density at radius 1 is 0.276 bits per heavy atom. The van der Waals surface area contributed by atoms with Gasteiger partial charge in [0.25, 0.3) is 0 Å². The van der Waals surface area contributed by atoms with Gasteiger partial charge in [0.2, 0.25) is 0 Å². The zero-order chi connectivity index (χ0) is 61.3. The van der Waals surface area contributed by atoms with Crippen LogP contribution in [0.1, 0.15) is 316 Å². The molecule has 0 bridgehead atoms. The van der Waals surface area contributed by atoms with Gasteiger partial charge in [0.15, 0.2) is 11.3 Å². The Hall–Kier alpha value is -2.63. The molecule has 0 saturated heterocycles. The molecule has 7 rings (SSSR count). The molecule has 2 nitrogen and oxygen atoms in total. The molecule has 480 valence electrons. The van der Waals surface area contributed by atoms with E-state index >= 15 is 0 Å². The molecule has 0 aliphatic heterocycles. The summed E-state index contributed by atoms with van der Waals surface area (Å²) >= 11 is 14.0. The second-order valence-corrected chi connectivity index (χ2v) is 32.8. The maximum absolute atomic E-state index is 12.4. The van der Waals surface area contributed by atoms with Crippen LogP contribution in [-0.4, -0.2) is 13.4 Å². The lowest BCUT2D eigenvalue weighted by Crippen LogP contribution is -1.87. The van der Waals surface area contributed by atoms with Gasteiger partial charge in [0, 0.05) is 53.6 Å². The monoisotopic (exact) mass is 1310 g/mol. The minimum Gasteiger partial charge on any atom is -0.487 e. The van der Waals surface area contributed by atoms with Crippen LogP contribution in [0.25, 0.3) is 58.5 Å². The highest BCUT2D eigenvalue weighted by molar-refractivity contribution is 7.31. The molecule has 9 heteroatoms. The number of aldehydes is 1. The maximum Gasteiger partial charge on any atom is 0.174 e. The fourth-order valence-corrected chi connectivity index (χ4v) is 21.4. The van der Waals surface area contributed by atoms with Crippen molar-refractivity contribution in [1.82, 2.24) is 0 Å². The van der Waals surface area contributed by atoms with Crippen molar-refractivity contribution in [2.45, 2.75) is 311 Å². The van der Waals surface area contributed by atoms with Crippen LogP contribution in [0.15, 0.2) is 48.5 Å². The van der Waals surface area contributed by atoms with E-state index in [-0.39, 0.29) is 0 Å². The quantitative estimate of drug-likeness (QED) is 0.0281. The lowest BCUT2D eigenvalue weighted by molar-refractivity contribution is 0.112.